The van der Waals surface area contributed by atoms with E-state index in [2.05, 4.69) is 206 Å². The molecule has 0 amide bonds. The Morgan fingerprint density at radius 3 is 1.71 bits per heavy atom. The minimum Gasteiger partial charge on any atom is -0.313 e. The second kappa shape index (κ2) is 12.5. The van der Waals surface area contributed by atoms with E-state index in [0.717, 1.165) is 28.0 Å². The number of fused-ring (bicyclic) bond motifs is 6. The van der Waals surface area contributed by atoms with Gasteiger partial charge in [0.25, 0.3) is 0 Å². The van der Waals surface area contributed by atoms with Gasteiger partial charge in [0.2, 0.25) is 0 Å². The third-order valence-electron chi connectivity index (χ3n) is 10.5. The van der Waals surface area contributed by atoms with Crippen molar-refractivity contribution in [3.05, 3.63) is 234 Å². The Kier molecular flexibility index (Phi) is 7.48. The molecule has 242 valence electrons. The molecule has 0 atom stereocenters. The monoisotopic (exact) mass is 651 g/mol. The van der Waals surface area contributed by atoms with Crippen LogP contribution in [0.4, 0.5) is 0 Å². The number of benzene rings is 7. The van der Waals surface area contributed by atoms with Gasteiger partial charge in [0.15, 0.2) is 0 Å². The summed E-state index contributed by atoms with van der Waals surface area (Å²) in [7, 11) is 0. The first-order valence-corrected chi connectivity index (χ1v) is 17.6. The first-order valence-electron chi connectivity index (χ1n) is 17.6. The highest BCUT2D eigenvalue weighted by Crippen LogP contribution is 2.57. The largest absolute Gasteiger partial charge is 0.313 e. The van der Waals surface area contributed by atoms with Gasteiger partial charge in [-0.05, 0) is 92.9 Å². The summed E-state index contributed by atoms with van der Waals surface area (Å²) in [6.07, 6.45) is 4.53. The minimum atomic E-state index is -0.447. The molecule has 1 aliphatic rings. The maximum Gasteiger partial charge on any atom is 0.0713 e. The van der Waals surface area contributed by atoms with Crippen LogP contribution in [0, 0.1) is 0 Å². The van der Waals surface area contributed by atoms with Crippen LogP contribution in [0.2, 0.25) is 0 Å². The predicted molar refractivity (Wildman–Crippen MR) is 217 cm³/mol. The van der Waals surface area contributed by atoms with Crippen molar-refractivity contribution >= 4 is 38.6 Å². The van der Waals surface area contributed by atoms with Gasteiger partial charge in [-0.2, -0.15) is 0 Å². The minimum absolute atomic E-state index is 0.447. The SMILES string of the molecule is C=C(/C=C(\C=C(/C)n1c2ccccc2c2cc3c(cc21)-c1ccccc1C3(c1ccccc1)c1ccccc1)c1ccccc1)c1ccccc1. The number of para-hydroxylation sites is 1. The Bertz CT molecular complexity index is 2580. The molecule has 0 unspecified atom stereocenters. The second-order valence-electron chi connectivity index (χ2n) is 13.4. The number of aromatic nitrogens is 1. The highest BCUT2D eigenvalue weighted by Gasteiger charge is 2.46. The zero-order chi connectivity index (χ0) is 34.4. The topological polar surface area (TPSA) is 4.93 Å². The third-order valence-corrected chi connectivity index (χ3v) is 10.5. The lowest BCUT2D eigenvalue weighted by molar-refractivity contribution is 0.769. The van der Waals surface area contributed by atoms with Crippen LogP contribution >= 0.6 is 0 Å². The van der Waals surface area contributed by atoms with E-state index in [9.17, 15) is 0 Å². The number of allylic oxidation sites excluding steroid dienone is 5. The van der Waals surface area contributed by atoms with Gasteiger partial charge in [0.05, 0.1) is 16.4 Å². The highest BCUT2D eigenvalue weighted by molar-refractivity contribution is 6.12. The smallest absolute Gasteiger partial charge is 0.0713 e. The van der Waals surface area contributed by atoms with Crippen LogP contribution in [-0.4, -0.2) is 4.57 Å². The van der Waals surface area contributed by atoms with E-state index < -0.39 is 5.41 Å². The molecule has 1 heteroatoms. The molecule has 0 saturated carbocycles. The fraction of sp³-hybridized carbons (Fsp3) is 0.0400. The van der Waals surface area contributed by atoms with Gasteiger partial charge in [0.1, 0.15) is 0 Å². The number of rotatable bonds is 7. The summed E-state index contributed by atoms with van der Waals surface area (Å²) < 4.78 is 2.45. The average Bonchev–Trinajstić information content (AvgIpc) is 3.68. The van der Waals surface area contributed by atoms with E-state index in [4.69, 9.17) is 0 Å². The lowest BCUT2D eigenvalue weighted by atomic mass is 9.67. The van der Waals surface area contributed by atoms with Crippen molar-refractivity contribution in [1.29, 1.82) is 0 Å². The van der Waals surface area contributed by atoms with E-state index in [0.29, 0.717) is 0 Å². The zero-order valence-corrected chi connectivity index (χ0v) is 28.6. The van der Waals surface area contributed by atoms with Crippen LogP contribution in [0.1, 0.15) is 40.3 Å². The predicted octanol–water partition coefficient (Wildman–Crippen LogP) is 12.8. The molecule has 1 aliphatic carbocycles. The Hall–Kier alpha value is -6.44. The second-order valence-corrected chi connectivity index (χ2v) is 13.4. The number of hydrogen-bond acceptors (Lipinski definition) is 0. The Morgan fingerprint density at radius 1 is 0.490 bits per heavy atom. The van der Waals surface area contributed by atoms with Crippen LogP contribution in [0.25, 0.3) is 49.8 Å². The van der Waals surface area contributed by atoms with Crippen molar-refractivity contribution in [1.82, 2.24) is 4.57 Å². The summed E-state index contributed by atoms with van der Waals surface area (Å²) in [5, 5.41) is 2.49. The lowest BCUT2D eigenvalue weighted by Gasteiger charge is -2.34. The van der Waals surface area contributed by atoms with Crippen LogP contribution in [-0.2, 0) is 5.41 Å². The van der Waals surface area contributed by atoms with E-state index in [-0.39, 0.29) is 0 Å². The first kappa shape index (κ1) is 30.6. The quantitative estimate of drug-likeness (QED) is 0.151. The summed E-state index contributed by atoms with van der Waals surface area (Å²) in [5.74, 6) is 0. The molecule has 1 nitrogen and oxygen atoms in total. The molecular formula is C50H37N. The van der Waals surface area contributed by atoms with E-state index in [1.54, 1.807) is 0 Å². The lowest BCUT2D eigenvalue weighted by Crippen LogP contribution is -2.28. The van der Waals surface area contributed by atoms with E-state index in [1.165, 1.54) is 55.2 Å². The van der Waals surface area contributed by atoms with Crippen molar-refractivity contribution in [3.8, 4) is 11.1 Å². The number of nitrogens with zero attached hydrogens (tertiary/aromatic N) is 1. The van der Waals surface area contributed by atoms with Gasteiger partial charge in [-0.3, -0.25) is 0 Å². The maximum absolute atomic E-state index is 4.47. The molecule has 0 radical (unpaired) electrons. The average molecular weight is 652 g/mol. The molecule has 0 saturated heterocycles. The molecule has 51 heavy (non-hydrogen) atoms. The molecule has 0 spiro atoms. The van der Waals surface area contributed by atoms with Gasteiger partial charge in [-0.15, -0.1) is 0 Å². The van der Waals surface area contributed by atoms with E-state index in [1.807, 2.05) is 6.07 Å². The van der Waals surface area contributed by atoms with Crippen LogP contribution in [0.15, 0.2) is 201 Å². The number of hydrogen-bond donors (Lipinski definition) is 0. The summed E-state index contributed by atoms with van der Waals surface area (Å²) >= 11 is 0. The summed E-state index contributed by atoms with van der Waals surface area (Å²) in [4.78, 5) is 0. The molecule has 0 N–H and O–H groups in total. The Morgan fingerprint density at radius 2 is 1.04 bits per heavy atom. The summed E-state index contributed by atoms with van der Waals surface area (Å²) in [6, 6.07) is 65.9. The molecule has 0 bridgehead atoms. The first-order chi connectivity index (χ1) is 25.1. The Labute approximate surface area is 299 Å². The third kappa shape index (κ3) is 4.93. The molecule has 0 fully saturated rings. The van der Waals surface area contributed by atoms with Crippen molar-refractivity contribution in [2.45, 2.75) is 12.3 Å². The zero-order valence-electron chi connectivity index (χ0n) is 28.6. The van der Waals surface area contributed by atoms with Gasteiger partial charge >= 0.3 is 0 Å². The van der Waals surface area contributed by atoms with Crippen LogP contribution in [0.5, 0.6) is 0 Å². The molecule has 1 heterocycles. The summed E-state index contributed by atoms with van der Waals surface area (Å²) in [5.41, 5.74) is 15.2. The molecule has 8 aromatic rings. The molecule has 0 aliphatic heterocycles. The fourth-order valence-electron chi connectivity index (χ4n) is 8.34. The normalized spacial score (nSPS) is 13.7. The van der Waals surface area contributed by atoms with Gasteiger partial charge in [-0.25, -0.2) is 0 Å². The van der Waals surface area contributed by atoms with Crippen molar-refractivity contribution in [3.63, 3.8) is 0 Å². The Balaban J connectivity index is 1.32. The van der Waals surface area contributed by atoms with Gasteiger partial charge < -0.3 is 4.57 Å². The fourth-order valence-corrected chi connectivity index (χ4v) is 8.34. The van der Waals surface area contributed by atoms with Gasteiger partial charge in [0, 0.05) is 16.5 Å². The van der Waals surface area contributed by atoms with Gasteiger partial charge in [-0.1, -0.05) is 170 Å². The van der Waals surface area contributed by atoms with Crippen LogP contribution in [0.3, 0.4) is 0 Å². The van der Waals surface area contributed by atoms with Crippen molar-refractivity contribution < 1.29 is 0 Å². The standard InChI is InChI=1S/C50H37N/c1-35(37-19-7-3-8-20-37)31-39(38-21-9-4-10-22-38)32-36(2)51-48-30-18-16-28-43(48)45-33-47-44(34-49(45)51)42-27-15-17-29-46(42)50(47,40-23-11-5-12-24-40)41-25-13-6-14-26-41/h3-34H,1H2,2H3/b36-32+,39-31+. The van der Waals surface area contributed by atoms with Crippen molar-refractivity contribution in [2.75, 3.05) is 0 Å². The van der Waals surface area contributed by atoms with Crippen LogP contribution < -0.4 is 0 Å². The molecular weight excluding hydrogens is 615 g/mol. The summed E-state index contributed by atoms with van der Waals surface area (Å²) in [6.45, 7) is 6.70. The molecule has 7 aromatic carbocycles. The molecule has 9 rings (SSSR count). The van der Waals surface area contributed by atoms with E-state index >= 15 is 0 Å². The maximum atomic E-state index is 4.47. The van der Waals surface area contributed by atoms with Crippen molar-refractivity contribution in [2.24, 2.45) is 0 Å². The molecule has 1 aromatic heterocycles. The highest BCUT2D eigenvalue weighted by atomic mass is 15.0.